The Morgan fingerprint density at radius 2 is 0.847 bits per heavy atom. The third-order valence-electron chi connectivity index (χ3n) is 22.7. The molecular weight excluding hydrogens is 1110 g/mol. The number of rotatable bonds is 17. The van der Waals surface area contributed by atoms with Crippen molar-refractivity contribution in [3.05, 3.63) is 0 Å². The highest BCUT2D eigenvalue weighted by molar-refractivity contribution is 5.82. The van der Waals surface area contributed by atoms with Crippen LogP contribution >= 0.6 is 0 Å². The minimum atomic E-state index is -1.12. The van der Waals surface area contributed by atoms with E-state index in [1.54, 1.807) is 0 Å². The summed E-state index contributed by atoms with van der Waals surface area (Å²) in [6.45, 7) is 19.1. The number of esters is 5. The Balaban J connectivity index is 0.648. The highest BCUT2D eigenvalue weighted by atomic mass is 17.3. The summed E-state index contributed by atoms with van der Waals surface area (Å²) in [6.07, 6.45) is 1.86. The molecule has 15 rings (SSSR count). The molecule has 476 valence electrons. The summed E-state index contributed by atoms with van der Waals surface area (Å²) in [4.78, 5) is 117. The van der Waals surface area contributed by atoms with Crippen LogP contribution in [0.5, 0.6) is 0 Å². The average Bonchev–Trinajstić information content (AvgIpc) is 1.72. The van der Waals surface area contributed by atoms with Gasteiger partial charge in [-0.1, -0.05) is 48.5 Å². The topological polar surface area (TPSA) is 271 Å². The zero-order valence-corrected chi connectivity index (χ0v) is 50.9. The Morgan fingerprint density at radius 1 is 0.435 bits per heavy atom. The number of carbonyl (C=O) groups is 6. The first-order valence-electron chi connectivity index (χ1n) is 31.6. The van der Waals surface area contributed by atoms with Gasteiger partial charge in [0.25, 0.3) is 0 Å². The van der Waals surface area contributed by atoms with Crippen LogP contribution in [0.3, 0.4) is 0 Å². The van der Waals surface area contributed by atoms with Crippen molar-refractivity contribution in [3.63, 3.8) is 0 Å². The van der Waals surface area contributed by atoms with Crippen molar-refractivity contribution in [1.29, 1.82) is 0 Å². The average molecular weight is 1200 g/mol. The lowest BCUT2D eigenvalue weighted by Gasteiger charge is -2.65. The number of hydrogen-bond donors (Lipinski definition) is 1. The quantitative estimate of drug-likeness (QED) is 0.0836. The Hall–Kier alpha value is -3.66. The van der Waals surface area contributed by atoms with Crippen molar-refractivity contribution < 1.29 is 110 Å². The van der Waals surface area contributed by atoms with Gasteiger partial charge in [-0.05, 0) is 114 Å². The van der Waals surface area contributed by atoms with E-state index in [-0.39, 0.29) is 79.4 Å². The molecule has 0 aromatic carbocycles. The maximum Gasteiger partial charge on any atom is 0.308 e. The maximum absolute atomic E-state index is 13.6. The molecule has 85 heavy (non-hydrogen) atoms. The Labute approximate surface area is 496 Å². The molecule has 3 saturated carbocycles. The lowest BCUT2D eigenvalue weighted by molar-refractivity contribution is -0.586. The number of hydrogen-bond acceptors (Lipinski definition) is 23. The van der Waals surface area contributed by atoms with Crippen LogP contribution in [0.4, 0.5) is 0 Å². The van der Waals surface area contributed by atoms with E-state index in [0.29, 0.717) is 37.0 Å². The van der Waals surface area contributed by atoms with Crippen LogP contribution in [-0.2, 0) is 110 Å². The van der Waals surface area contributed by atoms with Crippen LogP contribution in [0.1, 0.15) is 185 Å². The van der Waals surface area contributed by atoms with Crippen LogP contribution in [0, 0.1) is 70.5 Å². The molecule has 0 aromatic heterocycles. The molecule has 15 aliphatic rings. The van der Waals surface area contributed by atoms with Gasteiger partial charge in [-0.25, -0.2) is 29.3 Å². The summed E-state index contributed by atoms with van der Waals surface area (Å²) in [5.41, 5.74) is -3.17. The predicted molar refractivity (Wildman–Crippen MR) is 285 cm³/mol. The normalized spacial score (nSPS) is 48.3. The SMILES string of the molecule is C[C@H]1[C@H](OC(=O)CCC(=O)NC(COC(=O)CCC(=O)O[C@@H]2O[C@@H]3O[C@]4(C)CC[C@H]5[C@H](C)CC[C@@H]([C@H]2C)[C@@]35OO4)COC(=O)CCC(=O)O[C@@H]2O[C@@H]3O[C@]4(C)CC[C@H]5[C@H](C)CC[C@@](C)([C@H]2C)[C@@]35OO4)O[C@@H]2O[C@]3(C)CC[C@H]4[C@H](C)CC[C@@H]1[C@@]24OO3. The Morgan fingerprint density at radius 3 is 1.35 bits per heavy atom. The molecular formula is C61H89NO23. The number of ether oxygens (including phenoxy) is 11. The molecule has 24 nitrogen and oxygen atoms in total. The van der Waals surface area contributed by atoms with Crippen LogP contribution in [0.15, 0.2) is 0 Å². The third kappa shape index (κ3) is 10.7. The van der Waals surface area contributed by atoms with E-state index in [2.05, 4.69) is 33.0 Å². The first-order valence-corrected chi connectivity index (χ1v) is 31.6. The smallest absolute Gasteiger partial charge is 0.308 e. The minimum absolute atomic E-state index is 0.0882. The van der Waals surface area contributed by atoms with Gasteiger partial charge < -0.3 is 57.4 Å². The van der Waals surface area contributed by atoms with Crippen LogP contribution in [0.2, 0.25) is 0 Å². The second-order valence-corrected chi connectivity index (χ2v) is 28.1. The van der Waals surface area contributed by atoms with Gasteiger partial charge >= 0.3 is 29.8 Å². The van der Waals surface area contributed by atoms with Gasteiger partial charge in [0.05, 0.1) is 38.1 Å². The number of fused-ring (bicyclic) bond motifs is 6. The van der Waals surface area contributed by atoms with Crippen molar-refractivity contribution in [2.45, 2.75) is 263 Å². The van der Waals surface area contributed by atoms with Crippen molar-refractivity contribution in [1.82, 2.24) is 5.32 Å². The van der Waals surface area contributed by atoms with E-state index >= 15 is 0 Å². The zero-order chi connectivity index (χ0) is 60.2. The molecule has 0 aromatic rings. The lowest BCUT2D eigenvalue weighted by atomic mass is 9.50. The molecule has 1 unspecified atom stereocenters. The molecule has 25 atom stereocenters. The number of nitrogens with one attached hydrogen (secondary N) is 1. The molecule has 1 amide bonds. The van der Waals surface area contributed by atoms with E-state index in [1.165, 1.54) is 0 Å². The van der Waals surface area contributed by atoms with Crippen LogP contribution in [0.25, 0.3) is 0 Å². The fourth-order valence-electron chi connectivity index (χ4n) is 17.5. The van der Waals surface area contributed by atoms with Crippen molar-refractivity contribution >= 4 is 35.8 Å². The summed E-state index contributed by atoms with van der Waals surface area (Å²) in [5, 5.41) is 2.71. The van der Waals surface area contributed by atoms with Crippen molar-refractivity contribution in [2.24, 2.45) is 70.5 Å². The van der Waals surface area contributed by atoms with E-state index in [9.17, 15) is 28.8 Å². The largest absolute Gasteiger partial charge is 0.463 e. The predicted octanol–water partition coefficient (Wildman–Crippen LogP) is 7.54. The van der Waals surface area contributed by atoms with Gasteiger partial charge in [-0.3, -0.25) is 28.8 Å². The molecule has 1 N–H and O–H groups in total. The second kappa shape index (κ2) is 23.0. The Kier molecular flexibility index (Phi) is 16.6. The number of carbonyl (C=O) groups excluding carboxylic acids is 6. The maximum atomic E-state index is 13.6. The molecule has 24 heteroatoms. The number of amides is 1. The first-order chi connectivity index (χ1) is 40.3. The minimum Gasteiger partial charge on any atom is -0.463 e. The summed E-state index contributed by atoms with van der Waals surface area (Å²) in [5.74, 6) is -7.19. The summed E-state index contributed by atoms with van der Waals surface area (Å²) in [7, 11) is 0. The van der Waals surface area contributed by atoms with Crippen LogP contribution in [-0.4, -0.2) is 127 Å². The molecule has 12 aliphatic heterocycles. The Bertz CT molecular complexity index is 2570. The fourth-order valence-corrected chi connectivity index (χ4v) is 17.5. The summed E-state index contributed by atoms with van der Waals surface area (Å²) < 4.78 is 67.4. The monoisotopic (exact) mass is 1200 g/mol. The summed E-state index contributed by atoms with van der Waals surface area (Å²) in [6, 6.07) is -1.12. The molecule has 15 fully saturated rings. The first kappa shape index (κ1) is 61.6. The highest BCUT2D eigenvalue weighted by Gasteiger charge is 2.76. The standard InChI is InChI=1S/C61H89NO23/c1-31-11-13-41-34(4)49(74-52-59(41)38(31)22-26-56(8,77-52)80-83-59)71-46(66)16-15-43(63)62-37(29-69-44(64)17-19-47(67)72-50-35(5)42-14-12-32(2)39-23-27-57(9)78-53(75-50)60(39,42)84-81-57)30-70-45(65)18-20-48(68)73-51-36(6)55(7)25-21-33(3)40-24-28-58(10)79-54(76-51)61(40,55)85-82-58/h31-42,49-54H,11-30H2,1-10H3,(H,62,63)/t31-,32-,33-,34-,35-,36+,37?,38+,39+,40+,41+,42+,49-,50-,51-,52-,53-,54-,55+,56+,57+,58+,59-,60-,61+/m1/s1. The van der Waals surface area contributed by atoms with Crippen LogP contribution < -0.4 is 5.32 Å². The molecule has 3 spiro atoms. The molecule has 12 heterocycles. The fraction of sp³-hybridized carbons (Fsp3) is 0.902. The van der Waals surface area contributed by atoms with Gasteiger partial charge in [0.15, 0.2) is 35.7 Å². The molecule has 0 radical (unpaired) electrons. The molecule has 12 saturated heterocycles. The van der Waals surface area contributed by atoms with E-state index in [1.807, 2.05) is 41.5 Å². The van der Waals surface area contributed by atoms with Gasteiger partial charge in [0.2, 0.25) is 42.1 Å². The van der Waals surface area contributed by atoms with Gasteiger partial charge in [-0.15, -0.1) is 0 Å². The van der Waals surface area contributed by atoms with Gasteiger partial charge in [0.1, 0.15) is 13.2 Å². The van der Waals surface area contributed by atoms with E-state index < -0.39 is 139 Å². The van der Waals surface area contributed by atoms with Crippen molar-refractivity contribution in [2.75, 3.05) is 13.2 Å². The van der Waals surface area contributed by atoms with Gasteiger partial charge in [0, 0.05) is 60.7 Å². The van der Waals surface area contributed by atoms with Crippen molar-refractivity contribution in [3.8, 4) is 0 Å². The molecule has 6 bridgehead atoms. The lowest BCUT2D eigenvalue weighted by Crippen LogP contribution is -2.74. The second-order valence-electron chi connectivity index (χ2n) is 28.1. The summed E-state index contributed by atoms with van der Waals surface area (Å²) >= 11 is 0. The zero-order valence-electron chi connectivity index (χ0n) is 50.9. The third-order valence-corrected chi connectivity index (χ3v) is 22.7. The van der Waals surface area contributed by atoms with Gasteiger partial charge in [-0.2, -0.15) is 0 Å². The highest BCUT2D eigenvalue weighted by Crippen LogP contribution is 2.67. The van der Waals surface area contributed by atoms with E-state index in [0.717, 1.165) is 57.8 Å². The van der Waals surface area contributed by atoms with E-state index in [4.69, 9.17) is 81.4 Å². The molecule has 3 aliphatic carbocycles.